The summed E-state index contributed by atoms with van der Waals surface area (Å²) < 4.78 is 0. The van der Waals surface area contributed by atoms with E-state index in [4.69, 9.17) is 0 Å². The highest BCUT2D eigenvalue weighted by Crippen LogP contribution is 2.17. The number of amides is 2. The zero-order chi connectivity index (χ0) is 12.8. The Morgan fingerprint density at radius 2 is 1.88 bits per heavy atom. The van der Waals surface area contributed by atoms with E-state index in [0.29, 0.717) is 13.1 Å². The topological polar surface area (TPSA) is 78.4 Å². The number of aryl methyl sites for hydroxylation is 1. The van der Waals surface area contributed by atoms with Crippen molar-refractivity contribution >= 4 is 11.8 Å². The van der Waals surface area contributed by atoms with Gasteiger partial charge in [0, 0.05) is 20.0 Å². The van der Waals surface area contributed by atoms with E-state index in [1.54, 1.807) is 12.1 Å². The van der Waals surface area contributed by atoms with Gasteiger partial charge in [0.2, 0.25) is 5.91 Å². The molecule has 0 aliphatic carbocycles. The number of nitrogens with one attached hydrogen (secondary N) is 2. The number of rotatable bonds is 4. The number of hydrogen-bond acceptors (Lipinski definition) is 3. The molecule has 1 aromatic carbocycles. The second-order valence-corrected chi connectivity index (χ2v) is 3.76. The number of aromatic hydroxyl groups is 1. The molecule has 0 aliphatic rings. The molecule has 17 heavy (non-hydrogen) atoms. The van der Waals surface area contributed by atoms with Crippen LogP contribution >= 0.6 is 0 Å². The molecule has 2 amide bonds. The monoisotopic (exact) mass is 236 g/mol. The van der Waals surface area contributed by atoms with Gasteiger partial charge in [-0.1, -0.05) is 11.6 Å². The maximum atomic E-state index is 11.7. The number of carbonyl (C=O) groups excluding carboxylic acids is 2. The largest absolute Gasteiger partial charge is 0.507 e. The molecule has 5 nitrogen and oxygen atoms in total. The Kier molecular flexibility index (Phi) is 4.51. The van der Waals surface area contributed by atoms with Gasteiger partial charge in [-0.15, -0.1) is 0 Å². The number of hydrogen-bond donors (Lipinski definition) is 3. The fraction of sp³-hybridized carbons (Fsp3) is 0.333. The van der Waals surface area contributed by atoms with Crippen LogP contribution in [0.15, 0.2) is 18.2 Å². The molecule has 92 valence electrons. The van der Waals surface area contributed by atoms with Gasteiger partial charge < -0.3 is 15.7 Å². The summed E-state index contributed by atoms with van der Waals surface area (Å²) in [5.41, 5.74) is 1.14. The maximum Gasteiger partial charge on any atom is 0.255 e. The Hall–Kier alpha value is -2.04. The fourth-order valence-electron chi connectivity index (χ4n) is 1.34. The third-order valence-corrected chi connectivity index (χ3v) is 2.18. The highest BCUT2D eigenvalue weighted by atomic mass is 16.3. The SMILES string of the molecule is CC(=O)NCCNC(=O)c1cc(C)ccc1O. The van der Waals surface area contributed by atoms with Crippen LogP contribution in [0.1, 0.15) is 22.8 Å². The molecule has 0 saturated carbocycles. The van der Waals surface area contributed by atoms with Crippen molar-refractivity contribution < 1.29 is 14.7 Å². The Balaban J connectivity index is 2.52. The molecule has 0 atom stereocenters. The van der Waals surface area contributed by atoms with Gasteiger partial charge in [0.05, 0.1) is 5.56 Å². The van der Waals surface area contributed by atoms with Crippen LogP contribution in [0, 0.1) is 6.92 Å². The van der Waals surface area contributed by atoms with Crippen LogP contribution in [-0.4, -0.2) is 30.0 Å². The third-order valence-electron chi connectivity index (χ3n) is 2.18. The predicted octanol–water partition coefficient (Wildman–Crippen LogP) is 0.567. The first-order valence-corrected chi connectivity index (χ1v) is 5.33. The number of carbonyl (C=O) groups is 2. The van der Waals surface area contributed by atoms with E-state index in [1.165, 1.54) is 13.0 Å². The van der Waals surface area contributed by atoms with Crippen LogP contribution in [0.3, 0.4) is 0 Å². The summed E-state index contributed by atoms with van der Waals surface area (Å²) in [6.45, 7) is 3.95. The molecule has 0 saturated heterocycles. The minimum atomic E-state index is -0.350. The van der Waals surface area contributed by atoms with E-state index in [2.05, 4.69) is 10.6 Å². The lowest BCUT2D eigenvalue weighted by molar-refractivity contribution is -0.118. The molecule has 1 aromatic rings. The van der Waals surface area contributed by atoms with Gasteiger partial charge in [-0.3, -0.25) is 9.59 Å². The number of phenols is 1. The quantitative estimate of drug-likeness (QED) is 0.669. The summed E-state index contributed by atoms with van der Waals surface area (Å²) in [4.78, 5) is 22.3. The smallest absolute Gasteiger partial charge is 0.255 e. The fourth-order valence-corrected chi connectivity index (χ4v) is 1.34. The van der Waals surface area contributed by atoms with Crippen LogP contribution < -0.4 is 10.6 Å². The molecule has 0 aromatic heterocycles. The van der Waals surface area contributed by atoms with Crippen LogP contribution in [0.25, 0.3) is 0 Å². The molecule has 0 spiro atoms. The molecular weight excluding hydrogens is 220 g/mol. The maximum absolute atomic E-state index is 11.7. The Morgan fingerprint density at radius 1 is 1.24 bits per heavy atom. The van der Waals surface area contributed by atoms with Crippen molar-refractivity contribution in [2.45, 2.75) is 13.8 Å². The first-order valence-electron chi connectivity index (χ1n) is 5.33. The molecule has 1 rings (SSSR count). The van der Waals surface area contributed by atoms with Crippen LogP contribution in [0.4, 0.5) is 0 Å². The van der Waals surface area contributed by atoms with Gasteiger partial charge in [-0.25, -0.2) is 0 Å². The highest BCUT2D eigenvalue weighted by Gasteiger charge is 2.10. The lowest BCUT2D eigenvalue weighted by Gasteiger charge is -2.07. The van der Waals surface area contributed by atoms with Crippen molar-refractivity contribution in [3.63, 3.8) is 0 Å². The van der Waals surface area contributed by atoms with E-state index in [1.807, 2.05) is 6.92 Å². The van der Waals surface area contributed by atoms with E-state index >= 15 is 0 Å². The molecule has 5 heteroatoms. The van der Waals surface area contributed by atoms with Crippen molar-refractivity contribution in [2.24, 2.45) is 0 Å². The van der Waals surface area contributed by atoms with E-state index < -0.39 is 0 Å². The van der Waals surface area contributed by atoms with Gasteiger partial charge in [-0.05, 0) is 19.1 Å². The first-order chi connectivity index (χ1) is 8.00. The molecule has 0 unspecified atom stereocenters. The summed E-state index contributed by atoms with van der Waals surface area (Å²) in [6.07, 6.45) is 0. The van der Waals surface area contributed by atoms with Crippen molar-refractivity contribution in [2.75, 3.05) is 13.1 Å². The Labute approximate surface area is 99.8 Å². The minimum absolute atomic E-state index is 0.0485. The van der Waals surface area contributed by atoms with Crippen molar-refractivity contribution in [3.8, 4) is 5.75 Å². The first kappa shape index (κ1) is 13.0. The Bertz CT molecular complexity index is 430. The lowest BCUT2D eigenvalue weighted by atomic mass is 10.1. The van der Waals surface area contributed by atoms with Crippen molar-refractivity contribution in [1.82, 2.24) is 10.6 Å². The molecule has 0 heterocycles. The number of phenolic OH excluding ortho intramolecular Hbond substituents is 1. The molecule has 0 bridgehead atoms. The van der Waals surface area contributed by atoms with Crippen LogP contribution in [0.5, 0.6) is 5.75 Å². The second-order valence-electron chi connectivity index (χ2n) is 3.76. The summed E-state index contributed by atoms with van der Waals surface area (Å²) in [5, 5.41) is 14.7. The van der Waals surface area contributed by atoms with E-state index in [-0.39, 0.29) is 23.1 Å². The number of benzene rings is 1. The predicted molar refractivity (Wildman–Crippen MR) is 63.9 cm³/mol. The zero-order valence-electron chi connectivity index (χ0n) is 9.91. The van der Waals surface area contributed by atoms with Gasteiger partial charge in [0.25, 0.3) is 5.91 Å². The minimum Gasteiger partial charge on any atom is -0.507 e. The van der Waals surface area contributed by atoms with Gasteiger partial charge in [0.15, 0.2) is 0 Å². The second kappa shape index (κ2) is 5.89. The summed E-state index contributed by atoms with van der Waals surface area (Å²) >= 11 is 0. The molecule has 0 radical (unpaired) electrons. The van der Waals surface area contributed by atoms with Crippen LogP contribution in [-0.2, 0) is 4.79 Å². The average molecular weight is 236 g/mol. The van der Waals surface area contributed by atoms with Gasteiger partial charge >= 0.3 is 0 Å². The molecule has 0 aliphatic heterocycles. The summed E-state index contributed by atoms with van der Waals surface area (Å²) in [5.74, 6) is -0.540. The highest BCUT2D eigenvalue weighted by molar-refractivity contribution is 5.97. The van der Waals surface area contributed by atoms with Crippen LogP contribution in [0.2, 0.25) is 0 Å². The Morgan fingerprint density at radius 3 is 2.53 bits per heavy atom. The average Bonchev–Trinajstić information content (AvgIpc) is 2.27. The summed E-state index contributed by atoms with van der Waals surface area (Å²) in [7, 11) is 0. The van der Waals surface area contributed by atoms with Crippen molar-refractivity contribution in [1.29, 1.82) is 0 Å². The van der Waals surface area contributed by atoms with E-state index in [9.17, 15) is 14.7 Å². The molecular formula is C12H16N2O3. The molecule has 3 N–H and O–H groups in total. The summed E-state index contributed by atoms with van der Waals surface area (Å²) in [6, 6.07) is 4.82. The molecule has 0 fully saturated rings. The normalized spacial score (nSPS) is 9.76. The third kappa shape index (κ3) is 4.14. The van der Waals surface area contributed by atoms with E-state index in [0.717, 1.165) is 5.56 Å². The standard InChI is InChI=1S/C12H16N2O3/c1-8-3-4-11(16)10(7-8)12(17)14-6-5-13-9(2)15/h3-4,7,16H,5-6H2,1-2H3,(H,13,15)(H,14,17). The van der Waals surface area contributed by atoms with Gasteiger partial charge in [0.1, 0.15) is 5.75 Å². The zero-order valence-corrected chi connectivity index (χ0v) is 9.91. The van der Waals surface area contributed by atoms with Crippen molar-refractivity contribution in [3.05, 3.63) is 29.3 Å². The lowest BCUT2D eigenvalue weighted by Crippen LogP contribution is -2.33. The van der Waals surface area contributed by atoms with Gasteiger partial charge in [-0.2, -0.15) is 0 Å².